The second-order valence-electron chi connectivity index (χ2n) is 4.61. The summed E-state index contributed by atoms with van der Waals surface area (Å²) in [6.07, 6.45) is 3.08. The number of carbonyl (C=O) groups excluding carboxylic acids is 1. The number of rotatable bonds is 3. The van der Waals surface area contributed by atoms with E-state index in [1.807, 2.05) is 0 Å². The van der Waals surface area contributed by atoms with Crippen LogP contribution in [0.2, 0.25) is 5.02 Å². The summed E-state index contributed by atoms with van der Waals surface area (Å²) in [6, 6.07) is 12.7. The lowest BCUT2D eigenvalue weighted by atomic mass is 10.3. The number of anilines is 1. The van der Waals surface area contributed by atoms with Gasteiger partial charge in [-0.05, 0) is 48.5 Å². The number of hydrogen-bond donors (Lipinski definition) is 1. The van der Waals surface area contributed by atoms with E-state index in [2.05, 4.69) is 10.4 Å². The molecule has 0 radical (unpaired) electrons. The minimum atomic E-state index is -0.353. The van der Waals surface area contributed by atoms with E-state index < -0.39 is 0 Å². The Labute approximate surface area is 131 Å². The lowest BCUT2D eigenvalue weighted by Crippen LogP contribution is -2.11. The van der Waals surface area contributed by atoms with Crippen molar-refractivity contribution in [3.8, 4) is 5.69 Å². The third-order valence-electron chi connectivity index (χ3n) is 3.04. The van der Waals surface area contributed by atoms with Crippen molar-refractivity contribution >= 4 is 23.2 Å². The lowest BCUT2D eigenvalue weighted by molar-refractivity contribution is 0.102. The highest BCUT2D eigenvalue weighted by atomic mass is 35.5. The highest BCUT2D eigenvalue weighted by molar-refractivity contribution is 6.30. The van der Waals surface area contributed by atoms with E-state index in [0.717, 1.165) is 5.69 Å². The Hall–Kier alpha value is -2.66. The molecule has 0 aliphatic rings. The van der Waals surface area contributed by atoms with Gasteiger partial charge in [0.1, 0.15) is 5.82 Å². The number of carbonyl (C=O) groups is 1. The molecule has 0 fully saturated rings. The van der Waals surface area contributed by atoms with Crippen LogP contribution >= 0.6 is 11.6 Å². The van der Waals surface area contributed by atoms with Gasteiger partial charge < -0.3 is 5.32 Å². The van der Waals surface area contributed by atoms with Crippen LogP contribution in [0.1, 0.15) is 10.4 Å². The highest BCUT2D eigenvalue weighted by Crippen LogP contribution is 2.14. The van der Waals surface area contributed by atoms with Crippen LogP contribution in [0.25, 0.3) is 5.69 Å². The molecule has 3 aromatic rings. The van der Waals surface area contributed by atoms with Crippen molar-refractivity contribution in [2.75, 3.05) is 5.32 Å². The normalized spacial score (nSPS) is 10.5. The Morgan fingerprint density at radius 3 is 2.45 bits per heavy atom. The molecule has 6 heteroatoms. The molecule has 0 atom stereocenters. The average Bonchev–Trinajstić information content (AvgIpc) is 3.00. The zero-order valence-corrected chi connectivity index (χ0v) is 12.1. The summed E-state index contributed by atoms with van der Waals surface area (Å²) in [6.45, 7) is 0. The molecular weight excluding hydrogens is 305 g/mol. The predicted octanol–water partition coefficient (Wildman–Crippen LogP) is 3.92. The lowest BCUT2D eigenvalue weighted by Gasteiger charge is -2.03. The molecule has 0 bridgehead atoms. The fraction of sp³-hybridized carbons (Fsp3) is 0. The second-order valence-corrected chi connectivity index (χ2v) is 5.05. The Bertz CT molecular complexity index is 797. The van der Waals surface area contributed by atoms with Crippen molar-refractivity contribution < 1.29 is 9.18 Å². The van der Waals surface area contributed by atoms with Crippen molar-refractivity contribution in [1.29, 1.82) is 0 Å². The molecule has 1 N–H and O–H groups in total. The molecule has 22 heavy (non-hydrogen) atoms. The van der Waals surface area contributed by atoms with E-state index in [9.17, 15) is 9.18 Å². The van der Waals surface area contributed by atoms with Crippen molar-refractivity contribution in [1.82, 2.24) is 9.78 Å². The predicted molar refractivity (Wildman–Crippen MR) is 82.9 cm³/mol. The molecule has 0 aliphatic carbocycles. The van der Waals surface area contributed by atoms with Gasteiger partial charge in [-0.15, -0.1) is 0 Å². The summed E-state index contributed by atoms with van der Waals surface area (Å²) in [5, 5.41) is 7.45. The molecule has 1 heterocycles. The number of nitrogens with zero attached hydrogens (tertiary/aromatic N) is 2. The van der Waals surface area contributed by atoms with Gasteiger partial charge in [-0.3, -0.25) is 4.79 Å². The minimum Gasteiger partial charge on any atom is -0.322 e. The third kappa shape index (κ3) is 3.15. The Kier molecular flexibility index (Phi) is 3.89. The highest BCUT2D eigenvalue weighted by Gasteiger charge is 2.10. The smallest absolute Gasteiger partial charge is 0.258 e. The topological polar surface area (TPSA) is 46.9 Å². The maximum atomic E-state index is 12.8. The zero-order chi connectivity index (χ0) is 15.5. The van der Waals surface area contributed by atoms with Gasteiger partial charge >= 0.3 is 0 Å². The monoisotopic (exact) mass is 315 g/mol. The van der Waals surface area contributed by atoms with Crippen LogP contribution in [0.5, 0.6) is 0 Å². The van der Waals surface area contributed by atoms with Crippen molar-refractivity contribution in [2.24, 2.45) is 0 Å². The van der Waals surface area contributed by atoms with Crippen LogP contribution in [0.3, 0.4) is 0 Å². The number of benzene rings is 2. The maximum absolute atomic E-state index is 12.8. The van der Waals surface area contributed by atoms with Crippen molar-refractivity contribution in [2.45, 2.75) is 0 Å². The molecule has 0 unspecified atom stereocenters. The number of hydrogen-bond acceptors (Lipinski definition) is 2. The summed E-state index contributed by atoms with van der Waals surface area (Å²) in [4.78, 5) is 12.1. The molecule has 1 aromatic heterocycles. The standard InChI is InChI=1S/C16H11ClFN3O/c17-12-1-7-15(8-2-12)21-10-11(9-19-21)16(22)20-14-5-3-13(18)4-6-14/h1-10H,(H,20,22). The van der Waals surface area contributed by atoms with Crippen LogP contribution in [-0.4, -0.2) is 15.7 Å². The van der Waals surface area contributed by atoms with Gasteiger partial charge in [0.25, 0.3) is 5.91 Å². The molecule has 3 rings (SSSR count). The number of amides is 1. The van der Waals surface area contributed by atoms with Gasteiger partial charge in [0.15, 0.2) is 0 Å². The number of nitrogens with one attached hydrogen (secondary N) is 1. The summed E-state index contributed by atoms with van der Waals surface area (Å²) in [5.41, 5.74) is 1.72. The van der Waals surface area contributed by atoms with E-state index >= 15 is 0 Å². The number of halogens is 2. The zero-order valence-electron chi connectivity index (χ0n) is 11.3. The first-order valence-electron chi connectivity index (χ1n) is 6.49. The first-order valence-corrected chi connectivity index (χ1v) is 6.87. The average molecular weight is 316 g/mol. The van der Waals surface area contributed by atoms with Crippen LogP contribution in [0.4, 0.5) is 10.1 Å². The molecule has 2 aromatic carbocycles. The van der Waals surface area contributed by atoms with Crippen LogP contribution in [0, 0.1) is 5.82 Å². The molecule has 4 nitrogen and oxygen atoms in total. The van der Waals surface area contributed by atoms with Crippen LogP contribution < -0.4 is 5.32 Å². The van der Waals surface area contributed by atoms with E-state index in [-0.39, 0.29) is 11.7 Å². The SMILES string of the molecule is O=C(Nc1ccc(F)cc1)c1cnn(-c2ccc(Cl)cc2)c1. The van der Waals surface area contributed by atoms with Gasteiger partial charge in [0, 0.05) is 16.9 Å². The molecule has 110 valence electrons. The number of aromatic nitrogens is 2. The molecule has 1 amide bonds. The summed E-state index contributed by atoms with van der Waals surface area (Å²) in [5.74, 6) is -0.666. The van der Waals surface area contributed by atoms with Gasteiger partial charge in [-0.2, -0.15) is 5.10 Å². The second kappa shape index (κ2) is 5.99. The molecule has 0 aliphatic heterocycles. The van der Waals surface area contributed by atoms with Gasteiger partial charge in [-0.1, -0.05) is 11.6 Å². The van der Waals surface area contributed by atoms with E-state index in [1.54, 1.807) is 35.1 Å². The first-order chi connectivity index (χ1) is 10.6. The molecule has 0 saturated heterocycles. The van der Waals surface area contributed by atoms with E-state index in [1.165, 1.54) is 30.5 Å². The summed E-state index contributed by atoms with van der Waals surface area (Å²) in [7, 11) is 0. The Morgan fingerprint density at radius 1 is 1.09 bits per heavy atom. The van der Waals surface area contributed by atoms with Gasteiger partial charge in [-0.25, -0.2) is 9.07 Å². The van der Waals surface area contributed by atoms with Gasteiger partial charge in [0.05, 0.1) is 17.4 Å². The molecule has 0 spiro atoms. The summed E-state index contributed by atoms with van der Waals surface area (Å²) < 4.78 is 14.4. The van der Waals surface area contributed by atoms with Crippen molar-refractivity contribution in [3.05, 3.63) is 77.3 Å². The largest absolute Gasteiger partial charge is 0.322 e. The van der Waals surface area contributed by atoms with Crippen LogP contribution in [0.15, 0.2) is 60.9 Å². The maximum Gasteiger partial charge on any atom is 0.258 e. The third-order valence-corrected chi connectivity index (χ3v) is 3.29. The quantitative estimate of drug-likeness (QED) is 0.796. The van der Waals surface area contributed by atoms with E-state index in [4.69, 9.17) is 11.6 Å². The van der Waals surface area contributed by atoms with Crippen LogP contribution in [-0.2, 0) is 0 Å². The van der Waals surface area contributed by atoms with E-state index in [0.29, 0.717) is 16.3 Å². The Morgan fingerprint density at radius 2 is 1.77 bits per heavy atom. The molecular formula is C16H11ClFN3O. The first kappa shape index (κ1) is 14.3. The fourth-order valence-electron chi connectivity index (χ4n) is 1.91. The minimum absolute atomic E-state index is 0.313. The Balaban J connectivity index is 1.76. The molecule has 0 saturated carbocycles. The van der Waals surface area contributed by atoms with Gasteiger partial charge in [0.2, 0.25) is 0 Å². The summed E-state index contributed by atoms with van der Waals surface area (Å²) >= 11 is 5.84. The fourth-order valence-corrected chi connectivity index (χ4v) is 2.04. The van der Waals surface area contributed by atoms with Crippen molar-refractivity contribution in [3.63, 3.8) is 0 Å².